The first-order valence-corrected chi connectivity index (χ1v) is 5.21. The van der Waals surface area contributed by atoms with Gasteiger partial charge in [-0.25, -0.2) is 0 Å². The summed E-state index contributed by atoms with van der Waals surface area (Å²) < 4.78 is 5.68. The van der Waals surface area contributed by atoms with E-state index in [1.165, 1.54) is 13.0 Å². The fourth-order valence-corrected chi connectivity index (χ4v) is 1.82. The standard InChI is InChI=1S/C10H22N2O/c1-4-5-12-6-7-13-10(9-12)8-11(2)3/h10H,4-9H2,1-3H3. The minimum atomic E-state index is 0.412. The van der Waals surface area contributed by atoms with Gasteiger partial charge < -0.3 is 9.64 Å². The van der Waals surface area contributed by atoms with E-state index in [1.807, 2.05) is 0 Å². The second-order valence-corrected chi connectivity index (χ2v) is 4.06. The molecule has 0 aromatic rings. The lowest BCUT2D eigenvalue weighted by molar-refractivity contribution is -0.0378. The Labute approximate surface area is 81.7 Å². The molecule has 3 nitrogen and oxygen atoms in total. The smallest absolute Gasteiger partial charge is 0.0829 e. The molecule has 1 heterocycles. The van der Waals surface area contributed by atoms with Gasteiger partial charge in [-0.3, -0.25) is 4.90 Å². The Morgan fingerprint density at radius 2 is 2.23 bits per heavy atom. The summed E-state index contributed by atoms with van der Waals surface area (Å²) in [6, 6.07) is 0. The number of ether oxygens (including phenoxy) is 1. The third-order valence-electron chi connectivity index (χ3n) is 2.33. The Morgan fingerprint density at radius 1 is 1.46 bits per heavy atom. The second-order valence-electron chi connectivity index (χ2n) is 4.06. The van der Waals surface area contributed by atoms with Crippen molar-refractivity contribution in [2.75, 3.05) is 46.9 Å². The van der Waals surface area contributed by atoms with Gasteiger partial charge in [0, 0.05) is 19.6 Å². The largest absolute Gasteiger partial charge is 0.374 e. The summed E-state index contributed by atoms with van der Waals surface area (Å²) in [5.74, 6) is 0. The van der Waals surface area contributed by atoms with Gasteiger partial charge in [0.2, 0.25) is 0 Å². The molecule has 0 aliphatic carbocycles. The molecule has 1 aliphatic rings. The van der Waals surface area contributed by atoms with Crippen molar-refractivity contribution in [1.29, 1.82) is 0 Å². The Hall–Kier alpha value is -0.120. The highest BCUT2D eigenvalue weighted by molar-refractivity contribution is 4.72. The average Bonchev–Trinajstić information content (AvgIpc) is 2.04. The van der Waals surface area contributed by atoms with Gasteiger partial charge in [-0.05, 0) is 27.1 Å². The summed E-state index contributed by atoms with van der Waals surface area (Å²) in [6.07, 6.45) is 1.66. The number of nitrogens with zero attached hydrogens (tertiary/aromatic N) is 2. The third kappa shape index (κ3) is 4.07. The minimum Gasteiger partial charge on any atom is -0.374 e. The van der Waals surface area contributed by atoms with Crippen LogP contribution in [0, 0.1) is 0 Å². The van der Waals surface area contributed by atoms with E-state index in [-0.39, 0.29) is 0 Å². The quantitative estimate of drug-likeness (QED) is 0.641. The molecule has 1 atom stereocenters. The van der Waals surface area contributed by atoms with Crippen LogP contribution in [0.15, 0.2) is 0 Å². The van der Waals surface area contributed by atoms with E-state index in [4.69, 9.17) is 4.74 Å². The molecule has 13 heavy (non-hydrogen) atoms. The first-order valence-electron chi connectivity index (χ1n) is 5.21. The first kappa shape index (κ1) is 11.0. The van der Waals surface area contributed by atoms with Crippen LogP contribution in [0.5, 0.6) is 0 Å². The molecule has 0 bridgehead atoms. The van der Waals surface area contributed by atoms with Crippen molar-refractivity contribution in [1.82, 2.24) is 9.80 Å². The van der Waals surface area contributed by atoms with Gasteiger partial charge in [0.05, 0.1) is 12.7 Å². The predicted molar refractivity (Wildman–Crippen MR) is 55.0 cm³/mol. The summed E-state index contributed by atoms with van der Waals surface area (Å²) in [6.45, 7) is 7.60. The highest BCUT2D eigenvalue weighted by Crippen LogP contribution is 2.06. The zero-order valence-electron chi connectivity index (χ0n) is 9.12. The third-order valence-corrected chi connectivity index (χ3v) is 2.33. The van der Waals surface area contributed by atoms with E-state index in [1.54, 1.807) is 0 Å². The average molecular weight is 186 g/mol. The molecule has 1 unspecified atom stereocenters. The van der Waals surface area contributed by atoms with Crippen molar-refractivity contribution in [2.24, 2.45) is 0 Å². The molecule has 1 aliphatic heterocycles. The summed E-state index contributed by atoms with van der Waals surface area (Å²) in [4.78, 5) is 4.69. The summed E-state index contributed by atoms with van der Waals surface area (Å²) >= 11 is 0. The first-order chi connectivity index (χ1) is 6.22. The van der Waals surface area contributed by atoms with Crippen molar-refractivity contribution in [3.63, 3.8) is 0 Å². The second kappa shape index (κ2) is 5.58. The highest BCUT2D eigenvalue weighted by atomic mass is 16.5. The van der Waals surface area contributed by atoms with Crippen LogP contribution in [0.4, 0.5) is 0 Å². The van der Waals surface area contributed by atoms with Crippen molar-refractivity contribution >= 4 is 0 Å². The van der Waals surface area contributed by atoms with E-state index in [2.05, 4.69) is 30.8 Å². The number of hydrogen-bond acceptors (Lipinski definition) is 3. The maximum absolute atomic E-state index is 5.68. The zero-order chi connectivity index (χ0) is 9.68. The Bertz CT molecular complexity index is 137. The van der Waals surface area contributed by atoms with Crippen LogP contribution in [-0.4, -0.2) is 62.8 Å². The maximum Gasteiger partial charge on any atom is 0.0829 e. The van der Waals surface area contributed by atoms with E-state index in [0.29, 0.717) is 6.10 Å². The lowest BCUT2D eigenvalue weighted by Gasteiger charge is -2.33. The van der Waals surface area contributed by atoms with Gasteiger partial charge in [-0.15, -0.1) is 0 Å². The molecule has 1 saturated heterocycles. The van der Waals surface area contributed by atoms with Crippen LogP contribution in [-0.2, 0) is 4.74 Å². The maximum atomic E-state index is 5.68. The lowest BCUT2D eigenvalue weighted by atomic mass is 10.2. The van der Waals surface area contributed by atoms with Crippen LogP contribution in [0.1, 0.15) is 13.3 Å². The Kier molecular flexibility index (Phi) is 4.70. The summed E-state index contributed by atoms with van der Waals surface area (Å²) in [5, 5.41) is 0. The molecule has 0 spiro atoms. The molecule has 0 saturated carbocycles. The van der Waals surface area contributed by atoms with Gasteiger partial charge >= 0.3 is 0 Å². The fourth-order valence-electron chi connectivity index (χ4n) is 1.82. The summed E-state index contributed by atoms with van der Waals surface area (Å²) in [7, 11) is 4.20. The van der Waals surface area contributed by atoms with E-state index < -0.39 is 0 Å². The van der Waals surface area contributed by atoms with E-state index in [9.17, 15) is 0 Å². The van der Waals surface area contributed by atoms with Crippen molar-refractivity contribution in [3.05, 3.63) is 0 Å². The summed E-state index contributed by atoms with van der Waals surface area (Å²) in [5.41, 5.74) is 0. The molecule has 1 fully saturated rings. The molecule has 0 aromatic heterocycles. The van der Waals surface area contributed by atoms with Gasteiger partial charge in [0.25, 0.3) is 0 Å². The van der Waals surface area contributed by atoms with Crippen LogP contribution >= 0.6 is 0 Å². The number of likely N-dealkylation sites (N-methyl/N-ethyl adjacent to an activating group) is 1. The Morgan fingerprint density at radius 3 is 2.85 bits per heavy atom. The van der Waals surface area contributed by atoms with Gasteiger partial charge in [-0.1, -0.05) is 6.92 Å². The number of rotatable bonds is 4. The van der Waals surface area contributed by atoms with Gasteiger partial charge in [-0.2, -0.15) is 0 Å². The molecule has 0 amide bonds. The monoisotopic (exact) mass is 186 g/mol. The highest BCUT2D eigenvalue weighted by Gasteiger charge is 2.19. The minimum absolute atomic E-state index is 0.412. The molecular weight excluding hydrogens is 164 g/mol. The van der Waals surface area contributed by atoms with Crippen LogP contribution in [0.25, 0.3) is 0 Å². The molecule has 0 N–H and O–H groups in total. The number of hydrogen-bond donors (Lipinski definition) is 0. The van der Waals surface area contributed by atoms with Crippen molar-refractivity contribution in [3.8, 4) is 0 Å². The van der Waals surface area contributed by atoms with E-state index >= 15 is 0 Å². The van der Waals surface area contributed by atoms with Gasteiger partial charge in [0.1, 0.15) is 0 Å². The zero-order valence-corrected chi connectivity index (χ0v) is 9.12. The van der Waals surface area contributed by atoms with E-state index in [0.717, 1.165) is 26.2 Å². The van der Waals surface area contributed by atoms with Crippen LogP contribution in [0.2, 0.25) is 0 Å². The Balaban J connectivity index is 2.24. The normalized spacial score (nSPS) is 25.4. The van der Waals surface area contributed by atoms with Gasteiger partial charge in [0.15, 0.2) is 0 Å². The topological polar surface area (TPSA) is 15.7 Å². The molecular formula is C10H22N2O. The van der Waals surface area contributed by atoms with Crippen molar-refractivity contribution in [2.45, 2.75) is 19.4 Å². The van der Waals surface area contributed by atoms with Crippen LogP contribution in [0.3, 0.4) is 0 Å². The molecule has 1 rings (SSSR count). The molecule has 0 radical (unpaired) electrons. The molecule has 3 heteroatoms. The van der Waals surface area contributed by atoms with Crippen molar-refractivity contribution < 1.29 is 4.74 Å². The molecule has 78 valence electrons. The van der Waals surface area contributed by atoms with Crippen LogP contribution < -0.4 is 0 Å². The SMILES string of the molecule is CCCN1CCOC(CN(C)C)C1. The predicted octanol–water partition coefficient (Wildman–Crippen LogP) is 0.659. The lowest BCUT2D eigenvalue weighted by Crippen LogP contribution is -2.46. The fraction of sp³-hybridized carbons (Fsp3) is 1.00. The molecule has 0 aromatic carbocycles. The number of morpholine rings is 1.